The molecule has 0 spiro atoms. The molecule has 1 atom stereocenters. The van der Waals surface area contributed by atoms with Crippen LogP contribution in [0.1, 0.15) is 24.8 Å². The zero-order valence-electron chi connectivity index (χ0n) is 12.8. The van der Waals surface area contributed by atoms with E-state index in [0.29, 0.717) is 5.91 Å². The second kappa shape index (κ2) is 6.48. The Morgan fingerprint density at radius 3 is 2.57 bits per heavy atom. The SMILES string of the molecule is Cc1ccccc1N1CCN(C(=O)C2CCCCN2)CC1. The lowest BCUT2D eigenvalue weighted by Gasteiger charge is -2.38. The number of nitrogens with zero attached hydrogens (tertiary/aromatic N) is 2. The highest BCUT2D eigenvalue weighted by Crippen LogP contribution is 2.21. The molecule has 0 bridgehead atoms. The van der Waals surface area contributed by atoms with E-state index in [1.807, 2.05) is 4.90 Å². The van der Waals surface area contributed by atoms with Gasteiger partial charge in [0.25, 0.3) is 0 Å². The van der Waals surface area contributed by atoms with E-state index in [0.717, 1.165) is 39.1 Å². The lowest BCUT2D eigenvalue weighted by atomic mass is 10.0. The van der Waals surface area contributed by atoms with Gasteiger partial charge < -0.3 is 15.1 Å². The summed E-state index contributed by atoms with van der Waals surface area (Å²) in [5, 5.41) is 3.36. The fourth-order valence-corrected chi connectivity index (χ4v) is 3.37. The summed E-state index contributed by atoms with van der Waals surface area (Å²) in [5.74, 6) is 0.305. The largest absolute Gasteiger partial charge is 0.368 e. The van der Waals surface area contributed by atoms with E-state index in [9.17, 15) is 4.79 Å². The minimum Gasteiger partial charge on any atom is -0.368 e. The molecule has 0 radical (unpaired) electrons. The third kappa shape index (κ3) is 3.21. The second-order valence-electron chi connectivity index (χ2n) is 6.10. The topological polar surface area (TPSA) is 35.6 Å². The van der Waals surface area contributed by atoms with Gasteiger partial charge in [0, 0.05) is 31.9 Å². The summed E-state index contributed by atoms with van der Waals surface area (Å²) < 4.78 is 0. The standard InChI is InChI=1S/C17H25N3O/c1-14-6-2-3-8-16(14)19-10-12-20(13-11-19)17(21)15-7-4-5-9-18-15/h2-3,6,8,15,18H,4-5,7,9-13H2,1H3. The van der Waals surface area contributed by atoms with Gasteiger partial charge in [-0.25, -0.2) is 0 Å². The monoisotopic (exact) mass is 287 g/mol. The molecule has 114 valence electrons. The van der Waals surface area contributed by atoms with Gasteiger partial charge in [0.2, 0.25) is 5.91 Å². The molecule has 21 heavy (non-hydrogen) atoms. The lowest BCUT2D eigenvalue weighted by Crippen LogP contribution is -2.55. The Balaban J connectivity index is 1.57. The van der Waals surface area contributed by atoms with Crippen molar-refractivity contribution in [2.24, 2.45) is 0 Å². The number of anilines is 1. The van der Waals surface area contributed by atoms with Crippen molar-refractivity contribution in [3.05, 3.63) is 29.8 Å². The van der Waals surface area contributed by atoms with Crippen LogP contribution in [-0.2, 0) is 4.79 Å². The minimum atomic E-state index is 0.0590. The molecule has 2 fully saturated rings. The van der Waals surface area contributed by atoms with Crippen LogP contribution in [0.2, 0.25) is 0 Å². The van der Waals surface area contributed by atoms with E-state index in [4.69, 9.17) is 0 Å². The smallest absolute Gasteiger partial charge is 0.239 e. The van der Waals surface area contributed by atoms with E-state index in [1.165, 1.54) is 24.1 Å². The quantitative estimate of drug-likeness (QED) is 0.901. The predicted octanol–water partition coefficient (Wildman–Crippen LogP) is 1.79. The lowest BCUT2D eigenvalue weighted by molar-refractivity contribution is -0.134. The molecular weight excluding hydrogens is 262 g/mol. The summed E-state index contributed by atoms with van der Waals surface area (Å²) in [6, 6.07) is 8.55. The first-order valence-electron chi connectivity index (χ1n) is 8.08. The highest BCUT2D eigenvalue weighted by Gasteiger charge is 2.28. The molecule has 2 aliphatic heterocycles. The van der Waals surface area contributed by atoms with Crippen LogP contribution < -0.4 is 10.2 Å². The Kier molecular flexibility index (Phi) is 4.44. The molecule has 1 N–H and O–H groups in total. The maximum Gasteiger partial charge on any atom is 0.239 e. The molecule has 0 saturated carbocycles. The number of hydrogen-bond donors (Lipinski definition) is 1. The fourth-order valence-electron chi connectivity index (χ4n) is 3.37. The third-order valence-electron chi connectivity index (χ3n) is 4.66. The van der Waals surface area contributed by atoms with E-state index in [2.05, 4.69) is 41.4 Å². The Bertz CT molecular complexity index is 489. The van der Waals surface area contributed by atoms with Crippen LogP contribution in [0.15, 0.2) is 24.3 Å². The van der Waals surface area contributed by atoms with Crippen molar-refractivity contribution >= 4 is 11.6 Å². The number of benzene rings is 1. The fraction of sp³-hybridized carbons (Fsp3) is 0.588. The van der Waals surface area contributed by atoms with E-state index >= 15 is 0 Å². The van der Waals surface area contributed by atoms with Gasteiger partial charge in [-0.15, -0.1) is 0 Å². The van der Waals surface area contributed by atoms with Crippen LogP contribution in [0.4, 0.5) is 5.69 Å². The number of aryl methyl sites for hydroxylation is 1. The number of piperazine rings is 1. The number of para-hydroxylation sites is 1. The summed E-state index contributed by atoms with van der Waals surface area (Å²) in [6.45, 7) is 6.68. The Labute approximate surface area is 127 Å². The summed E-state index contributed by atoms with van der Waals surface area (Å²) in [4.78, 5) is 16.9. The molecule has 4 nitrogen and oxygen atoms in total. The summed E-state index contributed by atoms with van der Waals surface area (Å²) >= 11 is 0. The van der Waals surface area contributed by atoms with Crippen molar-refractivity contribution in [2.75, 3.05) is 37.6 Å². The average Bonchev–Trinajstić information content (AvgIpc) is 2.56. The van der Waals surface area contributed by atoms with Crippen molar-refractivity contribution in [1.29, 1.82) is 0 Å². The molecule has 3 rings (SSSR count). The first-order chi connectivity index (χ1) is 10.3. The molecule has 1 unspecified atom stereocenters. The molecular formula is C17H25N3O. The van der Waals surface area contributed by atoms with Crippen molar-refractivity contribution in [1.82, 2.24) is 10.2 Å². The van der Waals surface area contributed by atoms with E-state index in [1.54, 1.807) is 0 Å². The average molecular weight is 287 g/mol. The van der Waals surface area contributed by atoms with Gasteiger partial charge in [-0.3, -0.25) is 4.79 Å². The molecule has 0 aliphatic carbocycles. The van der Waals surface area contributed by atoms with Crippen LogP contribution in [0.5, 0.6) is 0 Å². The predicted molar refractivity (Wildman–Crippen MR) is 85.6 cm³/mol. The normalized spacial score (nSPS) is 23.2. The molecule has 2 aliphatic rings. The molecule has 1 aromatic carbocycles. The van der Waals surface area contributed by atoms with Crippen LogP contribution in [0.3, 0.4) is 0 Å². The number of carbonyl (C=O) groups is 1. The maximum absolute atomic E-state index is 12.5. The van der Waals surface area contributed by atoms with Crippen LogP contribution >= 0.6 is 0 Å². The van der Waals surface area contributed by atoms with Gasteiger partial charge in [-0.2, -0.15) is 0 Å². The highest BCUT2D eigenvalue weighted by atomic mass is 16.2. The van der Waals surface area contributed by atoms with Crippen LogP contribution in [0, 0.1) is 6.92 Å². The van der Waals surface area contributed by atoms with Gasteiger partial charge >= 0.3 is 0 Å². The van der Waals surface area contributed by atoms with Gasteiger partial charge in [0.1, 0.15) is 0 Å². The molecule has 2 saturated heterocycles. The van der Waals surface area contributed by atoms with Gasteiger partial charge in [-0.1, -0.05) is 24.6 Å². The third-order valence-corrected chi connectivity index (χ3v) is 4.66. The molecule has 2 heterocycles. The van der Waals surface area contributed by atoms with Crippen LogP contribution in [0.25, 0.3) is 0 Å². The highest BCUT2D eigenvalue weighted by molar-refractivity contribution is 5.82. The summed E-state index contributed by atoms with van der Waals surface area (Å²) in [6.07, 6.45) is 3.37. The Hall–Kier alpha value is -1.55. The Morgan fingerprint density at radius 1 is 1.14 bits per heavy atom. The second-order valence-corrected chi connectivity index (χ2v) is 6.10. The first-order valence-corrected chi connectivity index (χ1v) is 8.08. The number of nitrogens with one attached hydrogen (secondary N) is 1. The Morgan fingerprint density at radius 2 is 1.90 bits per heavy atom. The van der Waals surface area contributed by atoms with Gasteiger partial charge in [-0.05, 0) is 37.9 Å². The van der Waals surface area contributed by atoms with E-state index < -0.39 is 0 Å². The van der Waals surface area contributed by atoms with Crippen molar-refractivity contribution in [3.63, 3.8) is 0 Å². The van der Waals surface area contributed by atoms with Gasteiger partial charge in [0.15, 0.2) is 0 Å². The molecule has 0 aromatic heterocycles. The zero-order chi connectivity index (χ0) is 14.7. The van der Waals surface area contributed by atoms with E-state index in [-0.39, 0.29) is 6.04 Å². The minimum absolute atomic E-state index is 0.0590. The van der Waals surface area contributed by atoms with Crippen LogP contribution in [-0.4, -0.2) is 49.6 Å². The van der Waals surface area contributed by atoms with Crippen molar-refractivity contribution in [3.8, 4) is 0 Å². The summed E-state index contributed by atoms with van der Waals surface area (Å²) in [7, 11) is 0. The van der Waals surface area contributed by atoms with Crippen molar-refractivity contribution in [2.45, 2.75) is 32.2 Å². The van der Waals surface area contributed by atoms with Gasteiger partial charge in [0.05, 0.1) is 6.04 Å². The molecule has 1 amide bonds. The molecule has 1 aromatic rings. The number of piperidine rings is 1. The van der Waals surface area contributed by atoms with Crippen molar-refractivity contribution < 1.29 is 4.79 Å². The number of amides is 1. The number of carbonyl (C=O) groups excluding carboxylic acids is 1. The number of rotatable bonds is 2. The first kappa shape index (κ1) is 14.4. The maximum atomic E-state index is 12.5. The summed E-state index contributed by atoms with van der Waals surface area (Å²) in [5.41, 5.74) is 2.62. The number of hydrogen-bond acceptors (Lipinski definition) is 3. The molecule has 4 heteroatoms. The zero-order valence-corrected chi connectivity index (χ0v) is 12.8.